The van der Waals surface area contributed by atoms with E-state index in [1.54, 1.807) is 10.7 Å². The molecule has 0 aromatic carbocycles. The Bertz CT molecular complexity index is 741. The number of carbonyl (C=O) groups is 1. The molecule has 0 aliphatic rings. The lowest BCUT2D eigenvalue weighted by Gasteiger charge is -2.22. The van der Waals surface area contributed by atoms with Gasteiger partial charge in [0.05, 0.1) is 35.8 Å². The maximum atomic E-state index is 13.8. The molecule has 24 heavy (non-hydrogen) atoms. The van der Waals surface area contributed by atoms with Crippen molar-refractivity contribution in [2.75, 3.05) is 11.9 Å². The Hall–Kier alpha value is -1.74. The molecule has 0 radical (unpaired) electrons. The molecule has 9 heteroatoms. The average molecular weight is 402 g/mol. The molecular formula is C15H21BrFN5O2. The van der Waals surface area contributed by atoms with Gasteiger partial charge >= 0.3 is 0 Å². The van der Waals surface area contributed by atoms with Crippen LogP contribution >= 0.6 is 15.9 Å². The SMILES string of the molecule is CC(C)Nc1c(C(=O)NCC(F)C(C)(C)O)cnn2cc(Br)nc12. The second kappa shape index (κ2) is 7.02. The molecule has 1 unspecified atom stereocenters. The van der Waals surface area contributed by atoms with Gasteiger partial charge in [0.15, 0.2) is 5.65 Å². The Kier molecular flexibility index (Phi) is 5.44. The van der Waals surface area contributed by atoms with Crippen molar-refractivity contribution in [3.8, 4) is 0 Å². The van der Waals surface area contributed by atoms with Crippen molar-refractivity contribution in [2.45, 2.75) is 45.5 Å². The van der Waals surface area contributed by atoms with Crippen molar-refractivity contribution in [3.63, 3.8) is 0 Å². The van der Waals surface area contributed by atoms with E-state index in [0.29, 0.717) is 15.9 Å². The number of halogens is 2. The lowest BCUT2D eigenvalue weighted by molar-refractivity contribution is -0.00177. The van der Waals surface area contributed by atoms with E-state index in [0.717, 1.165) is 0 Å². The van der Waals surface area contributed by atoms with Gasteiger partial charge in [0.25, 0.3) is 5.91 Å². The summed E-state index contributed by atoms with van der Waals surface area (Å²) in [6, 6.07) is 0.0588. The third kappa shape index (κ3) is 4.21. The fraction of sp³-hybridized carbons (Fsp3) is 0.533. The van der Waals surface area contributed by atoms with E-state index < -0.39 is 17.7 Å². The maximum absolute atomic E-state index is 13.8. The van der Waals surface area contributed by atoms with E-state index in [-0.39, 0.29) is 18.2 Å². The second-order valence-corrected chi connectivity index (χ2v) is 7.21. The normalized spacial score (nSPS) is 13.3. The minimum absolute atomic E-state index is 0.0588. The fourth-order valence-electron chi connectivity index (χ4n) is 2.04. The zero-order chi connectivity index (χ0) is 18.1. The molecule has 0 aliphatic heterocycles. The molecule has 132 valence electrons. The van der Waals surface area contributed by atoms with Crippen LogP contribution in [0.4, 0.5) is 10.1 Å². The van der Waals surface area contributed by atoms with Crippen LogP contribution in [0.3, 0.4) is 0 Å². The van der Waals surface area contributed by atoms with Crippen LogP contribution in [0.15, 0.2) is 17.0 Å². The summed E-state index contributed by atoms with van der Waals surface area (Å²) in [4.78, 5) is 16.7. The highest BCUT2D eigenvalue weighted by Crippen LogP contribution is 2.23. The fourth-order valence-corrected chi connectivity index (χ4v) is 2.40. The highest BCUT2D eigenvalue weighted by molar-refractivity contribution is 9.10. The summed E-state index contributed by atoms with van der Waals surface area (Å²) >= 11 is 3.28. The molecule has 7 nitrogen and oxygen atoms in total. The number of fused-ring (bicyclic) bond motifs is 1. The zero-order valence-corrected chi connectivity index (χ0v) is 15.6. The summed E-state index contributed by atoms with van der Waals surface area (Å²) in [7, 11) is 0. The van der Waals surface area contributed by atoms with Crippen LogP contribution < -0.4 is 10.6 Å². The van der Waals surface area contributed by atoms with E-state index in [1.165, 1.54) is 20.0 Å². The molecule has 2 aromatic rings. The molecule has 2 aromatic heterocycles. The number of rotatable bonds is 6. The van der Waals surface area contributed by atoms with Crippen molar-refractivity contribution in [2.24, 2.45) is 0 Å². The summed E-state index contributed by atoms with van der Waals surface area (Å²) in [5.41, 5.74) is -0.260. The lowest BCUT2D eigenvalue weighted by atomic mass is 10.0. The largest absolute Gasteiger partial charge is 0.387 e. The second-order valence-electron chi connectivity index (χ2n) is 6.40. The van der Waals surface area contributed by atoms with Crippen LogP contribution in [0.1, 0.15) is 38.1 Å². The number of nitrogens with one attached hydrogen (secondary N) is 2. The highest BCUT2D eigenvalue weighted by Gasteiger charge is 2.27. The highest BCUT2D eigenvalue weighted by atomic mass is 79.9. The van der Waals surface area contributed by atoms with Crippen molar-refractivity contribution in [1.82, 2.24) is 19.9 Å². The molecule has 0 saturated carbocycles. The number of hydrogen-bond donors (Lipinski definition) is 3. The number of hydrogen-bond acceptors (Lipinski definition) is 5. The molecule has 2 rings (SSSR count). The average Bonchev–Trinajstić information content (AvgIpc) is 2.84. The summed E-state index contributed by atoms with van der Waals surface area (Å²) in [5.74, 6) is -0.487. The molecular weight excluding hydrogens is 381 g/mol. The Morgan fingerprint density at radius 1 is 1.50 bits per heavy atom. The van der Waals surface area contributed by atoms with Crippen molar-refractivity contribution in [3.05, 3.63) is 22.6 Å². The number of alkyl halides is 1. The molecule has 0 spiro atoms. The molecule has 1 atom stereocenters. The smallest absolute Gasteiger partial charge is 0.255 e. The predicted octanol–water partition coefficient (Wildman–Crippen LogP) is 2.15. The molecule has 0 fully saturated rings. The first kappa shape index (κ1) is 18.6. The Morgan fingerprint density at radius 3 is 2.75 bits per heavy atom. The number of imidazole rings is 1. The third-order valence-electron chi connectivity index (χ3n) is 3.35. The molecule has 2 heterocycles. The summed E-state index contributed by atoms with van der Waals surface area (Å²) < 4.78 is 16.0. The lowest BCUT2D eigenvalue weighted by Crippen LogP contribution is -2.42. The number of anilines is 1. The quantitative estimate of drug-likeness (QED) is 0.689. The number of aromatic nitrogens is 3. The number of aliphatic hydroxyl groups is 1. The first-order chi connectivity index (χ1) is 11.1. The van der Waals surface area contributed by atoms with E-state index in [4.69, 9.17) is 0 Å². The Labute approximate surface area is 147 Å². The van der Waals surface area contributed by atoms with Gasteiger partial charge in [-0.25, -0.2) is 13.9 Å². The van der Waals surface area contributed by atoms with Gasteiger partial charge in [-0.15, -0.1) is 0 Å². The van der Waals surface area contributed by atoms with E-state index in [2.05, 4.69) is 36.6 Å². The van der Waals surface area contributed by atoms with Gasteiger partial charge in [0, 0.05) is 6.04 Å². The van der Waals surface area contributed by atoms with Crippen LogP contribution in [0.2, 0.25) is 0 Å². The van der Waals surface area contributed by atoms with Gasteiger partial charge in [-0.2, -0.15) is 5.10 Å². The number of nitrogens with zero attached hydrogens (tertiary/aromatic N) is 3. The van der Waals surface area contributed by atoms with Crippen LogP contribution in [0, 0.1) is 0 Å². The Morgan fingerprint density at radius 2 is 2.17 bits per heavy atom. The number of carbonyl (C=O) groups excluding carboxylic acids is 1. The molecule has 0 bridgehead atoms. The summed E-state index contributed by atoms with van der Waals surface area (Å²) in [6.07, 6.45) is 1.49. The first-order valence-corrected chi connectivity index (χ1v) is 8.34. The minimum Gasteiger partial charge on any atom is -0.387 e. The van der Waals surface area contributed by atoms with Crippen molar-refractivity contribution in [1.29, 1.82) is 0 Å². The van der Waals surface area contributed by atoms with Gasteiger partial charge in [-0.05, 0) is 43.6 Å². The standard InChI is InChI=1S/C15H21BrFN5O2/c1-8(2)20-12-9(5-19-22-7-11(16)21-13(12)22)14(23)18-6-10(17)15(3,4)24/h5,7-8,10,20,24H,6H2,1-4H3,(H,18,23). The van der Waals surface area contributed by atoms with E-state index in [1.807, 2.05) is 13.8 Å². The van der Waals surface area contributed by atoms with Crippen molar-refractivity contribution >= 4 is 33.2 Å². The summed E-state index contributed by atoms with van der Waals surface area (Å²) in [5, 5.41) is 19.4. The van der Waals surface area contributed by atoms with E-state index in [9.17, 15) is 14.3 Å². The van der Waals surface area contributed by atoms with Gasteiger partial charge < -0.3 is 15.7 Å². The van der Waals surface area contributed by atoms with Gasteiger partial charge in [-0.3, -0.25) is 4.79 Å². The third-order valence-corrected chi connectivity index (χ3v) is 3.73. The van der Waals surface area contributed by atoms with Crippen LogP contribution in [0.25, 0.3) is 5.65 Å². The van der Waals surface area contributed by atoms with Gasteiger partial charge in [-0.1, -0.05) is 0 Å². The van der Waals surface area contributed by atoms with Crippen molar-refractivity contribution < 1.29 is 14.3 Å². The molecule has 1 amide bonds. The Balaban J connectivity index is 2.31. The molecule has 0 aliphatic carbocycles. The van der Waals surface area contributed by atoms with Crippen LogP contribution in [-0.4, -0.2) is 50.0 Å². The summed E-state index contributed by atoms with van der Waals surface area (Å²) in [6.45, 7) is 6.27. The molecule has 0 saturated heterocycles. The minimum atomic E-state index is -1.58. The van der Waals surface area contributed by atoms with Crippen LogP contribution in [0.5, 0.6) is 0 Å². The van der Waals surface area contributed by atoms with Gasteiger partial charge in [0.1, 0.15) is 10.8 Å². The van der Waals surface area contributed by atoms with Crippen LogP contribution in [-0.2, 0) is 0 Å². The van der Waals surface area contributed by atoms with E-state index >= 15 is 0 Å². The maximum Gasteiger partial charge on any atom is 0.255 e. The monoisotopic (exact) mass is 401 g/mol. The topological polar surface area (TPSA) is 91.5 Å². The first-order valence-electron chi connectivity index (χ1n) is 7.54. The molecule has 3 N–H and O–H groups in total. The zero-order valence-electron chi connectivity index (χ0n) is 14.0. The number of amides is 1. The van der Waals surface area contributed by atoms with Gasteiger partial charge in [0.2, 0.25) is 0 Å². The predicted molar refractivity (Wildman–Crippen MR) is 93.0 cm³/mol.